The molecule has 0 spiro atoms. The Bertz CT molecular complexity index is 871. The first kappa shape index (κ1) is 20.3. The maximum absolute atomic E-state index is 13.1. The number of hydrogen-bond donors (Lipinski definition) is 0. The average Bonchev–Trinajstić information content (AvgIpc) is 2.94. The summed E-state index contributed by atoms with van der Waals surface area (Å²) in [6.45, 7) is 16.1. The zero-order valence-corrected chi connectivity index (χ0v) is 17.8. The molecule has 5 nitrogen and oxygen atoms in total. The lowest BCUT2D eigenvalue weighted by atomic mass is 9.85. The highest BCUT2D eigenvalue weighted by atomic mass is 32.2. The topological polar surface area (TPSA) is 55.8 Å². The Morgan fingerprint density at radius 3 is 2.19 bits per heavy atom. The lowest BCUT2D eigenvalue weighted by molar-refractivity contribution is 0.00578. The summed E-state index contributed by atoms with van der Waals surface area (Å²) >= 11 is 0. The van der Waals surface area contributed by atoms with Crippen molar-refractivity contribution in [2.75, 3.05) is 6.54 Å². The van der Waals surface area contributed by atoms with Gasteiger partial charge in [-0.05, 0) is 70.8 Å². The van der Waals surface area contributed by atoms with Crippen molar-refractivity contribution in [3.05, 3.63) is 53.5 Å². The summed E-state index contributed by atoms with van der Waals surface area (Å²) < 4.78 is 39.7. The van der Waals surface area contributed by atoms with Crippen LogP contribution < -0.4 is 0 Å². The standard InChI is InChI=1S/C20H28BNO4S/c1-14-8-10-18(11-9-14)27(23,24)22-13-17(15(2)16(22)3)12-21-25-19(4,5)20(6,7)26-21/h8-12,16H,2,13H2,1,3-7H3/b17-12+. The Balaban J connectivity index is 1.86. The molecule has 0 aromatic heterocycles. The van der Waals surface area contributed by atoms with Gasteiger partial charge in [0.25, 0.3) is 0 Å². The van der Waals surface area contributed by atoms with Crippen molar-refractivity contribution in [3.8, 4) is 0 Å². The van der Waals surface area contributed by atoms with Crippen molar-refractivity contribution < 1.29 is 17.7 Å². The Morgan fingerprint density at radius 2 is 1.67 bits per heavy atom. The second-order valence-corrected chi connectivity index (χ2v) is 10.3. The van der Waals surface area contributed by atoms with Gasteiger partial charge in [0, 0.05) is 12.6 Å². The van der Waals surface area contributed by atoms with E-state index in [1.54, 1.807) is 12.1 Å². The van der Waals surface area contributed by atoms with E-state index in [1.807, 2.05) is 59.7 Å². The van der Waals surface area contributed by atoms with Crippen LogP contribution in [0.5, 0.6) is 0 Å². The van der Waals surface area contributed by atoms with Crippen LogP contribution in [0.1, 0.15) is 40.2 Å². The zero-order valence-electron chi connectivity index (χ0n) is 16.9. The number of benzene rings is 1. The van der Waals surface area contributed by atoms with E-state index in [9.17, 15) is 8.42 Å². The average molecular weight is 389 g/mol. The van der Waals surface area contributed by atoms with Crippen molar-refractivity contribution in [1.82, 2.24) is 4.31 Å². The highest BCUT2D eigenvalue weighted by Gasteiger charge is 2.51. The third-order valence-corrected chi connectivity index (χ3v) is 7.84. The van der Waals surface area contributed by atoms with Crippen LogP contribution >= 0.6 is 0 Å². The number of sulfonamides is 1. The Labute approximate surface area is 163 Å². The molecule has 0 bridgehead atoms. The first-order valence-electron chi connectivity index (χ1n) is 9.19. The predicted molar refractivity (Wildman–Crippen MR) is 108 cm³/mol. The molecule has 1 aromatic carbocycles. The minimum atomic E-state index is -3.60. The second-order valence-electron chi connectivity index (χ2n) is 8.38. The van der Waals surface area contributed by atoms with E-state index in [0.717, 1.165) is 16.7 Å². The molecule has 2 heterocycles. The minimum absolute atomic E-state index is 0.264. The van der Waals surface area contributed by atoms with Gasteiger partial charge in [-0.15, -0.1) is 0 Å². The first-order valence-corrected chi connectivity index (χ1v) is 10.6. The molecule has 2 fully saturated rings. The summed E-state index contributed by atoms with van der Waals surface area (Å²) in [5.74, 6) is 1.86. The van der Waals surface area contributed by atoms with Gasteiger partial charge in [0.05, 0.1) is 16.1 Å². The SMILES string of the molecule is C=C1/C(=C/B2OC(C)(C)C(C)(C)O2)CN(S(=O)(=O)c2ccc(C)cc2)C1C. The molecule has 0 amide bonds. The molecular formula is C20H28BNO4S. The van der Waals surface area contributed by atoms with E-state index in [4.69, 9.17) is 9.31 Å². The maximum Gasteiger partial charge on any atom is 0.487 e. The molecule has 0 N–H and O–H groups in total. The Hall–Kier alpha value is -1.41. The second kappa shape index (κ2) is 6.59. The monoisotopic (exact) mass is 389 g/mol. The van der Waals surface area contributed by atoms with Crippen LogP contribution in [0.4, 0.5) is 0 Å². The molecule has 0 saturated carbocycles. The Kier molecular flexibility index (Phi) is 4.96. The third-order valence-electron chi connectivity index (χ3n) is 5.91. The molecule has 146 valence electrons. The predicted octanol–water partition coefficient (Wildman–Crippen LogP) is 3.50. The molecule has 1 unspecified atom stereocenters. The highest BCUT2D eigenvalue weighted by molar-refractivity contribution is 7.89. The Morgan fingerprint density at radius 1 is 1.15 bits per heavy atom. The zero-order chi connectivity index (χ0) is 20.2. The van der Waals surface area contributed by atoms with Crippen LogP contribution in [0, 0.1) is 6.92 Å². The fourth-order valence-corrected chi connectivity index (χ4v) is 4.87. The van der Waals surface area contributed by atoms with E-state index in [0.29, 0.717) is 4.90 Å². The molecule has 0 aliphatic carbocycles. The normalized spacial score (nSPS) is 26.9. The highest BCUT2D eigenvalue weighted by Crippen LogP contribution is 2.39. The minimum Gasteiger partial charge on any atom is -0.400 e. The number of rotatable bonds is 3. The van der Waals surface area contributed by atoms with Crippen LogP contribution in [0.15, 0.2) is 52.9 Å². The van der Waals surface area contributed by atoms with Gasteiger partial charge in [0.15, 0.2) is 0 Å². The van der Waals surface area contributed by atoms with Crippen molar-refractivity contribution >= 4 is 17.1 Å². The molecule has 2 aliphatic heterocycles. The molecular weight excluding hydrogens is 361 g/mol. The smallest absolute Gasteiger partial charge is 0.400 e. The van der Waals surface area contributed by atoms with Crippen LogP contribution in [0.2, 0.25) is 0 Å². The molecule has 7 heteroatoms. The summed E-state index contributed by atoms with van der Waals surface area (Å²) in [4.78, 5) is 0.296. The number of nitrogens with zero attached hydrogens (tertiary/aromatic N) is 1. The van der Waals surface area contributed by atoms with Gasteiger partial charge in [-0.25, -0.2) is 8.42 Å². The van der Waals surface area contributed by atoms with Crippen molar-refractivity contribution in [2.45, 2.75) is 63.7 Å². The van der Waals surface area contributed by atoms with E-state index in [1.165, 1.54) is 4.31 Å². The first-order chi connectivity index (χ1) is 12.3. The largest absolute Gasteiger partial charge is 0.487 e. The lowest BCUT2D eigenvalue weighted by Gasteiger charge is -2.32. The molecule has 2 saturated heterocycles. The van der Waals surface area contributed by atoms with E-state index < -0.39 is 28.3 Å². The van der Waals surface area contributed by atoms with Gasteiger partial charge in [0.1, 0.15) is 0 Å². The molecule has 0 radical (unpaired) electrons. The van der Waals surface area contributed by atoms with Gasteiger partial charge in [-0.3, -0.25) is 0 Å². The molecule has 27 heavy (non-hydrogen) atoms. The summed E-state index contributed by atoms with van der Waals surface area (Å²) in [6, 6.07) is 6.60. The molecule has 1 aromatic rings. The van der Waals surface area contributed by atoms with Gasteiger partial charge < -0.3 is 9.31 Å². The van der Waals surface area contributed by atoms with E-state index in [-0.39, 0.29) is 12.6 Å². The summed E-state index contributed by atoms with van der Waals surface area (Å²) in [5.41, 5.74) is 1.77. The summed E-state index contributed by atoms with van der Waals surface area (Å²) in [7, 11) is -4.12. The molecule has 1 atom stereocenters. The van der Waals surface area contributed by atoms with Crippen LogP contribution in [-0.4, -0.2) is 43.6 Å². The number of hydrogen-bond acceptors (Lipinski definition) is 4. The third kappa shape index (κ3) is 3.54. The van der Waals surface area contributed by atoms with Crippen LogP contribution in [0.3, 0.4) is 0 Å². The molecule has 2 aliphatic rings. The van der Waals surface area contributed by atoms with Gasteiger partial charge in [-0.1, -0.05) is 24.3 Å². The fraction of sp³-hybridized carbons (Fsp3) is 0.500. The number of aryl methyl sites for hydroxylation is 1. The molecule has 3 rings (SSSR count). The summed E-state index contributed by atoms with van der Waals surface area (Å²) in [5, 5.41) is 0. The van der Waals surface area contributed by atoms with E-state index in [2.05, 4.69) is 6.58 Å². The van der Waals surface area contributed by atoms with Crippen LogP contribution in [0.25, 0.3) is 0 Å². The fourth-order valence-electron chi connectivity index (χ4n) is 3.27. The summed E-state index contributed by atoms with van der Waals surface area (Å²) in [6.07, 6.45) is 0. The lowest BCUT2D eigenvalue weighted by Crippen LogP contribution is -2.41. The van der Waals surface area contributed by atoms with Gasteiger partial charge >= 0.3 is 7.12 Å². The van der Waals surface area contributed by atoms with Crippen molar-refractivity contribution in [3.63, 3.8) is 0 Å². The van der Waals surface area contributed by atoms with Crippen molar-refractivity contribution in [1.29, 1.82) is 0 Å². The maximum atomic E-state index is 13.1. The van der Waals surface area contributed by atoms with Gasteiger partial charge in [0.2, 0.25) is 10.0 Å². The quantitative estimate of drug-likeness (QED) is 0.743. The van der Waals surface area contributed by atoms with Gasteiger partial charge in [-0.2, -0.15) is 4.31 Å². The van der Waals surface area contributed by atoms with Crippen LogP contribution in [-0.2, 0) is 19.3 Å². The van der Waals surface area contributed by atoms with E-state index >= 15 is 0 Å². The van der Waals surface area contributed by atoms with Crippen molar-refractivity contribution in [2.24, 2.45) is 0 Å².